The van der Waals surface area contributed by atoms with E-state index >= 15 is 0 Å². The fourth-order valence-corrected chi connectivity index (χ4v) is 3.34. The number of carbonyl (C=O) groups excluding carboxylic acids is 1. The lowest BCUT2D eigenvalue weighted by atomic mass is 9.75. The molecule has 1 rings (SSSR count). The van der Waals surface area contributed by atoms with Crippen molar-refractivity contribution in [2.24, 2.45) is 5.92 Å². The summed E-state index contributed by atoms with van der Waals surface area (Å²) in [6.07, 6.45) is 4.76. The number of nitrogens with zero attached hydrogens (tertiary/aromatic N) is 1. The molecule has 1 amide bonds. The summed E-state index contributed by atoms with van der Waals surface area (Å²) in [7, 11) is 4.37. The Labute approximate surface area is 142 Å². The van der Waals surface area contributed by atoms with Gasteiger partial charge in [-0.1, -0.05) is 19.8 Å². The van der Waals surface area contributed by atoms with Crippen LogP contribution in [-0.4, -0.2) is 55.4 Å². The number of hydrogen-bond donors (Lipinski definition) is 2. The topological polar surface area (TPSA) is 53.6 Å². The molecule has 0 radical (unpaired) electrons. The molecule has 1 aliphatic rings. The SMILES string of the molecule is CC1CCCC(CNC(C)CNC(=O)OC(C)(C)C)(N(C)C)C1. The molecular formula is C18H37N3O2. The van der Waals surface area contributed by atoms with Gasteiger partial charge >= 0.3 is 6.09 Å². The van der Waals surface area contributed by atoms with Crippen LogP contribution in [0.5, 0.6) is 0 Å². The molecule has 0 aromatic heterocycles. The van der Waals surface area contributed by atoms with Crippen LogP contribution >= 0.6 is 0 Å². The highest BCUT2D eigenvalue weighted by Gasteiger charge is 2.36. The molecule has 1 saturated carbocycles. The normalized spacial score (nSPS) is 26.9. The van der Waals surface area contributed by atoms with Crippen molar-refractivity contribution in [3.8, 4) is 0 Å². The van der Waals surface area contributed by atoms with Gasteiger partial charge in [0.05, 0.1) is 0 Å². The van der Waals surface area contributed by atoms with Gasteiger partial charge in [0.1, 0.15) is 5.60 Å². The second-order valence-corrected chi connectivity index (χ2v) is 8.49. The van der Waals surface area contributed by atoms with E-state index in [1.807, 2.05) is 20.8 Å². The van der Waals surface area contributed by atoms with Gasteiger partial charge in [-0.05, 0) is 60.5 Å². The second kappa shape index (κ2) is 8.34. The molecule has 136 valence electrons. The molecule has 5 heteroatoms. The average Bonchev–Trinajstić information content (AvgIpc) is 2.41. The molecular weight excluding hydrogens is 290 g/mol. The first kappa shape index (κ1) is 20.2. The first-order chi connectivity index (χ1) is 10.5. The van der Waals surface area contributed by atoms with Gasteiger partial charge in [0.25, 0.3) is 0 Å². The molecule has 1 aliphatic carbocycles. The van der Waals surface area contributed by atoms with Crippen LogP contribution in [0.2, 0.25) is 0 Å². The molecule has 3 atom stereocenters. The van der Waals surface area contributed by atoms with Crippen LogP contribution < -0.4 is 10.6 Å². The Balaban J connectivity index is 2.41. The van der Waals surface area contributed by atoms with Crippen LogP contribution in [0.3, 0.4) is 0 Å². The quantitative estimate of drug-likeness (QED) is 0.787. The summed E-state index contributed by atoms with van der Waals surface area (Å²) in [5, 5.41) is 6.44. The zero-order valence-corrected chi connectivity index (χ0v) is 16.2. The molecule has 2 N–H and O–H groups in total. The number of rotatable bonds is 6. The first-order valence-corrected chi connectivity index (χ1v) is 8.92. The number of amides is 1. The van der Waals surface area contributed by atoms with E-state index in [2.05, 4.69) is 43.5 Å². The van der Waals surface area contributed by atoms with E-state index in [0.29, 0.717) is 6.54 Å². The van der Waals surface area contributed by atoms with Crippen molar-refractivity contribution in [2.45, 2.75) is 77.5 Å². The van der Waals surface area contributed by atoms with Gasteiger partial charge < -0.3 is 20.3 Å². The third kappa shape index (κ3) is 7.08. The highest BCUT2D eigenvalue weighted by Crippen LogP contribution is 2.35. The summed E-state index contributed by atoms with van der Waals surface area (Å²) in [6.45, 7) is 11.6. The van der Waals surface area contributed by atoms with Gasteiger partial charge in [0.2, 0.25) is 0 Å². The molecule has 0 spiro atoms. The fourth-order valence-electron chi connectivity index (χ4n) is 3.34. The molecule has 0 aliphatic heterocycles. The van der Waals surface area contributed by atoms with Crippen molar-refractivity contribution >= 4 is 6.09 Å². The molecule has 1 fully saturated rings. The molecule has 3 unspecified atom stereocenters. The van der Waals surface area contributed by atoms with Crippen molar-refractivity contribution in [2.75, 3.05) is 27.2 Å². The fraction of sp³-hybridized carbons (Fsp3) is 0.944. The standard InChI is InChI=1S/C18H37N3O2/c1-14-9-8-10-18(11-14,21(6)7)13-20-15(2)12-19-16(22)23-17(3,4)5/h14-15,20H,8-13H2,1-7H3,(H,19,22). The van der Waals surface area contributed by atoms with Crippen LogP contribution in [0.15, 0.2) is 0 Å². The molecule has 0 aromatic carbocycles. The van der Waals surface area contributed by atoms with Crippen LogP contribution in [0, 0.1) is 5.92 Å². The molecule has 23 heavy (non-hydrogen) atoms. The summed E-state index contributed by atoms with van der Waals surface area (Å²) >= 11 is 0. The Kier molecular flexibility index (Phi) is 7.33. The van der Waals surface area contributed by atoms with E-state index in [1.165, 1.54) is 25.7 Å². The lowest BCUT2D eigenvalue weighted by Gasteiger charge is -2.46. The van der Waals surface area contributed by atoms with E-state index in [9.17, 15) is 4.79 Å². The number of likely N-dealkylation sites (N-methyl/N-ethyl adjacent to an activating group) is 1. The maximum atomic E-state index is 11.7. The summed E-state index contributed by atoms with van der Waals surface area (Å²) in [6, 6.07) is 0.219. The van der Waals surface area contributed by atoms with E-state index in [4.69, 9.17) is 4.74 Å². The molecule has 5 nitrogen and oxygen atoms in total. The molecule has 0 aromatic rings. The third-order valence-corrected chi connectivity index (χ3v) is 4.75. The maximum Gasteiger partial charge on any atom is 0.407 e. The number of carbonyl (C=O) groups is 1. The molecule has 0 heterocycles. The number of alkyl carbamates (subject to hydrolysis) is 1. The van der Waals surface area contributed by atoms with Crippen molar-refractivity contribution in [3.05, 3.63) is 0 Å². The predicted octanol–water partition coefficient (Wildman–Crippen LogP) is 3.00. The average molecular weight is 328 g/mol. The van der Waals surface area contributed by atoms with Crippen LogP contribution in [0.25, 0.3) is 0 Å². The Hall–Kier alpha value is -0.810. The van der Waals surface area contributed by atoms with Gasteiger partial charge in [0, 0.05) is 24.7 Å². The van der Waals surface area contributed by atoms with Gasteiger partial charge in [0.15, 0.2) is 0 Å². The van der Waals surface area contributed by atoms with E-state index in [0.717, 1.165) is 12.5 Å². The van der Waals surface area contributed by atoms with E-state index in [1.54, 1.807) is 0 Å². The monoisotopic (exact) mass is 327 g/mol. The Morgan fingerprint density at radius 1 is 1.39 bits per heavy atom. The minimum absolute atomic E-state index is 0.219. The molecule has 0 saturated heterocycles. The predicted molar refractivity (Wildman–Crippen MR) is 95.8 cm³/mol. The van der Waals surface area contributed by atoms with Crippen molar-refractivity contribution < 1.29 is 9.53 Å². The summed E-state index contributed by atoms with van der Waals surface area (Å²) in [5.41, 5.74) is -0.216. The van der Waals surface area contributed by atoms with Gasteiger partial charge in [-0.3, -0.25) is 0 Å². The lowest BCUT2D eigenvalue weighted by Crippen LogP contribution is -2.56. The molecule has 0 bridgehead atoms. The highest BCUT2D eigenvalue weighted by molar-refractivity contribution is 5.67. The van der Waals surface area contributed by atoms with Crippen LogP contribution in [0.4, 0.5) is 4.79 Å². The minimum Gasteiger partial charge on any atom is -0.444 e. The number of nitrogens with one attached hydrogen (secondary N) is 2. The highest BCUT2D eigenvalue weighted by atomic mass is 16.6. The summed E-state index contributed by atoms with van der Waals surface area (Å²) in [5.74, 6) is 0.781. The second-order valence-electron chi connectivity index (χ2n) is 8.49. The van der Waals surface area contributed by atoms with Crippen molar-refractivity contribution in [1.29, 1.82) is 0 Å². The zero-order chi connectivity index (χ0) is 17.7. The maximum absolute atomic E-state index is 11.7. The Morgan fingerprint density at radius 2 is 2.04 bits per heavy atom. The van der Waals surface area contributed by atoms with Gasteiger partial charge in [-0.2, -0.15) is 0 Å². The zero-order valence-electron chi connectivity index (χ0n) is 16.2. The van der Waals surface area contributed by atoms with E-state index < -0.39 is 5.60 Å². The lowest BCUT2D eigenvalue weighted by molar-refractivity contribution is 0.0517. The minimum atomic E-state index is -0.450. The van der Waals surface area contributed by atoms with Crippen LogP contribution in [-0.2, 0) is 4.74 Å². The van der Waals surface area contributed by atoms with Crippen molar-refractivity contribution in [1.82, 2.24) is 15.5 Å². The van der Waals surface area contributed by atoms with Gasteiger partial charge in [-0.15, -0.1) is 0 Å². The van der Waals surface area contributed by atoms with Gasteiger partial charge in [-0.25, -0.2) is 4.79 Å². The van der Waals surface area contributed by atoms with E-state index in [-0.39, 0.29) is 17.7 Å². The summed E-state index contributed by atoms with van der Waals surface area (Å²) < 4.78 is 5.27. The first-order valence-electron chi connectivity index (χ1n) is 8.92. The third-order valence-electron chi connectivity index (χ3n) is 4.75. The van der Waals surface area contributed by atoms with Crippen molar-refractivity contribution in [3.63, 3.8) is 0 Å². The largest absolute Gasteiger partial charge is 0.444 e. The number of ether oxygens (including phenoxy) is 1. The smallest absolute Gasteiger partial charge is 0.407 e. The Bertz CT molecular complexity index is 379. The van der Waals surface area contributed by atoms with Crippen LogP contribution in [0.1, 0.15) is 60.3 Å². The number of hydrogen-bond acceptors (Lipinski definition) is 4. The summed E-state index contributed by atoms with van der Waals surface area (Å²) in [4.78, 5) is 14.1. The Morgan fingerprint density at radius 3 is 2.57 bits per heavy atom.